The predicted molar refractivity (Wildman–Crippen MR) is 76.2 cm³/mol. The fraction of sp³-hybridized carbons (Fsp3) is 0.214. The third-order valence-electron chi connectivity index (χ3n) is 2.81. The van der Waals surface area contributed by atoms with E-state index in [4.69, 9.17) is 17.3 Å². The van der Waals surface area contributed by atoms with Crippen molar-refractivity contribution in [3.8, 4) is 0 Å². The first-order chi connectivity index (χ1) is 9.15. The summed E-state index contributed by atoms with van der Waals surface area (Å²) in [6, 6.07) is 9.96. The Kier molecular flexibility index (Phi) is 4.35. The van der Waals surface area contributed by atoms with Crippen molar-refractivity contribution in [3.05, 3.63) is 52.9 Å². The highest BCUT2D eigenvalue weighted by Crippen LogP contribution is 2.26. The highest BCUT2D eigenvalue weighted by atomic mass is 35.5. The SMILES string of the molecule is CCN(c1cccc(F)c1)c1ccc(Cl)c(CN)n1. The summed E-state index contributed by atoms with van der Waals surface area (Å²) in [6.45, 7) is 2.92. The fourth-order valence-electron chi connectivity index (χ4n) is 1.89. The largest absolute Gasteiger partial charge is 0.327 e. The van der Waals surface area contributed by atoms with Gasteiger partial charge in [-0.3, -0.25) is 0 Å². The number of pyridine rings is 1. The van der Waals surface area contributed by atoms with E-state index in [-0.39, 0.29) is 12.4 Å². The van der Waals surface area contributed by atoms with Crippen LogP contribution < -0.4 is 10.6 Å². The average molecular weight is 280 g/mol. The molecule has 1 aromatic carbocycles. The van der Waals surface area contributed by atoms with Gasteiger partial charge < -0.3 is 10.6 Å². The van der Waals surface area contributed by atoms with Gasteiger partial charge in [-0.15, -0.1) is 0 Å². The second kappa shape index (κ2) is 5.99. The summed E-state index contributed by atoms with van der Waals surface area (Å²) in [7, 11) is 0. The molecule has 0 amide bonds. The Labute approximate surface area is 116 Å². The molecule has 1 aromatic heterocycles. The number of halogens is 2. The lowest BCUT2D eigenvalue weighted by Crippen LogP contribution is -2.18. The van der Waals surface area contributed by atoms with Crippen LogP contribution in [0.1, 0.15) is 12.6 Å². The van der Waals surface area contributed by atoms with Gasteiger partial charge in [-0.2, -0.15) is 0 Å². The van der Waals surface area contributed by atoms with Crippen molar-refractivity contribution in [2.24, 2.45) is 5.73 Å². The van der Waals surface area contributed by atoms with Gasteiger partial charge in [0.2, 0.25) is 0 Å². The van der Waals surface area contributed by atoms with Crippen LogP contribution in [0.5, 0.6) is 0 Å². The zero-order valence-corrected chi connectivity index (χ0v) is 11.4. The number of rotatable bonds is 4. The van der Waals surface area contributed by atoms with Crippen molar-refractivity contribution >= 4 is 23.1 Å². The summed E-state index contributed by atoms with van der Waals surface area (Å²) in [5.74, 6) is 0.432. The molecule has 0 saturated heterocycles. The Bertz CT molecular complexity index is 574. The third-order valence-corrected chi connectivity index (χ3v) is 3.15. The van der Waals surface area contributed by atoms with E-state index in [1.54, 1.807) is 18.2 Å². The molecule has 2 N–H and O–H groups in total. The maximum Gasteiger partial charge on any atom is 0.133 e. The van der Waals surface area contributed by atoms with Crippen molar-refractivity contribution in [2.75, 3.05) is 11.4 Å². The molecule has 19 heavy (non-hydrogen) atoms. The third kappa shape index (κ3) is 3.03. The molecule has 0 bridgehead atoms. The Morgan fingerprint density at radius 3 is 2.74 bits per heavy atom. The predicted octanol–water partition coefficient (Wildman–Crippen LogP) is 3.49. The summed E-state index contributed by atoms with van der Waals surface area (Å²) in [6.07, 6.45) is 0. The second-order valence-corrected chi connectivity index (χ2v) is 4.43. The van der Waals surface area contributed by atoms with Gasteiger partial charge in [-0.25, -0.2) is 9.37 Å². The normalized spacial score (nSPS) is 10.5. The topological polar surface area (TPSA) is 42.1 Å². The van der Waals surface area contributed by atoms with Crippen LogP contribution in [0, 0.1) is 5.82 Å². The Balaban J connectivity index is 2.42. The van der Waals surface area contributed by atoms with E-state index < -0.39 is 0 Å². The summed E-state index contributed by atoms with van der Waals surface area (Å²) in [5.41, 5.74) is 6.98. The summed E-state index contributed by atoms with van der Waals surface area (Å²) in [4.78, 5) is 6.32. The van der Waals surface area contributed by atoms with Crippen molar-refractivity contribution in [2.45, 2.75) is 13.5 Å². The maximum atomic E-state index is 13.3. The quantitative estimate of drug-likeness (QED) is 0.931. The van der Waals surface area contributed by atoms with Crippen LogP contribution in [0.2, 0.25) is 5.02 Å². The lowest BCUT2D eigenvalue weighted by molar-refractivity contribution is 0.627. The van der Waals surface area contributed by atoms with Crippen molar-refractivity contribution < 1.29 is 4.39 Å². The van der Waals surface area contributed by atoms with Crippen LogP contribution in [0.4, 0.5) is 15.9 Å². The fourth-order valence-corrected chi connectivity index (χ4v) is 2.07. The highest BCUT2D eigenvalue weighted by molar-refractivity contribution is 6.31. The van der Waals surface area contributed by atoms with Crippen LogP contribution in [0.25, 0.3) is 0 Å². The number of hydrogen-bond donors (Lipinski definition) is 1. The highest BCUT2D eigenvalue weighted by Gasteiger charge is 2.11. The first-order valence-corrected chi connectivity index (χ1v) is 6.42. The molecular weight excluding hydrogens is 265 g/mol. The van der Waals surface area contributed by atoms with Crippen LogP contribution in [0.15, 0.2) is 36.4 Å². The maximum absolute atomic E-state index is 13.3. The van der Waals surface area contributed by atoms with E-state index in [9.17, 15) is 4.39 Å². The van der Waals surface area contributed by atoms with E-state index in [1.807, 2.05) is 17.9 Å². The molecule has 0 radical (unpaired) electrons. The molecule has 0 spiro atoms. The molecule has 5 heteroatoms. The number of hydrogen-bond acceptors (Lipinski definition) is 3. The molecule has 0 atom stereocenters. The smallest absolute Gasteiger partial charge is 0.133 e. The van der Waals surface area contributed by atoms with E-state index in [1.165, 1.54) is 12.1 Å². The number of nitrogens with zero attached hydrogens (tertiary/aromatic N) is 2. The zero-order chi connectivity index (χ0) is 13.8. The molecule has 0 aliphatic heterocycles. The summed E-state index contributed by atoms with van der Waals surface area (Å²) < 4.78 is 13.3. The van der Waals surface area contributed by atoms with Gasteiger partial charge >= 0.3 is 0 Å². The standard InChI is InChI=1S/C14H15ClFN3/c1-2-19(11-5-3-4-10(16)8-11)14-7-6-12(15)13(9-17)18-14/h3-8H,2,9,17H2,1H3. The molecule has 0 saturated carbocycles. The van der Waals surface area contributed by atoms with Gasteiger partial charge in [-0.1, -0.05) is 17.7 Å². The first kappa shape index (κ1) is 13.8. The number of benzene rings is 1. The molecule has 0 fully saturated rings. The number of aromatic nitrogens is 1. The minimum atomic E-state index is -0.274. The lowest BCUT2D eigenvalue weighted by Gasteiger charge is -2.22. The lowest BCUT2D eigenvalue weighted by atomic mass is 10.2. The van der Waals surface area contributed by atoms with Gasteiger partial charge in [-0.05, 0) is 37.3 Å². The molecular formula is C14H15ClFN3. The molecule has 100 valence electrons. The molecule has 2 aromatic rings. The zero-order valence-electron chi connectivity index (χ0n) is 10.6. The van der Waals surface area contributed by atoms with E-state index in [0.29, 0.717) is 23.1 Å². The molecule has 3 nitrogen and oxygen atoms in total. The van der Waals surface area contributed by atoms with E-state index >= 15 is 0 Å². The van der Waals surface area contributed by atoms with Gasteiger partial charge in [0.15, 0.2) is 0 Å². The Morgan fingerprint density at radius 2 is 2.11 bits per heavy atom. The molecule has 0 aliphatic carbocycles. The van der Waals surface area contributed by atoms with Gasteiger partial charge in [0.25, 0.3) is 0 Å². The van der Waals surface area contributed by atoms with Crippen molar-refractivity contribution in [3.63, 3.8) is 0 Å². The molecule has 0 unspecified atom stereocenters. The van der Waals surface area contributed by atoms with Crippen LogP contribution >= 0.6 is 11.6 Å². The number of nitrogens with two attached hydrogens (primary N) is 1. The summed E-state index contributed by atoms with van der Waals surface area (Å²) >= 11 is 5.99. The first-order valence-electron chi connectivity index (χ1n) is 6.04. The van der Waals surface area contributed by atoms with Gasteiger partial charge in [0, 0.05) is 18.8 Å². The Hall–Kier alpha value is -1.65. The van der Waals surface area contributed by atoms with Crippen molar-refractivity contribution in [1.29, 1.82) is 0 Å². The second-order valence-electron chi connectivity index (χ2n) is 4.03. The minimum absolute atomic E-state index is 0.271. The van der Waals surface area contributed by atoms with Crippen LogP contribution in [0.3, 0.4) is 0 Å². The monoisotopic (exact) mass is 279 g/mol. The van der Waals surface area contributed by atoms with E-state index in [0.717, 1.165) is 5.69 Å². The van der Waals surface area contributed by atoms with Gasteiger partial charge in [0.05, 0.1) is 10.7 Å². The van der Waals surface area contributed by atoms with Crippen LogP contribution in [-0.4, -0.2) is 11.5 Å². The summed E-state index contributed by atoms with van der Waals surface area (Å²) in [5, 5.41) is 0.543. The van der Waals surface area contributed by atoms with Gasteiger partial charge in [0.1, 0.15) is 11.6 Å². The van der Waals surface area contributed by atoms with Crippen LogP contribution in [-0.2, 0) is 6.54 Å². The minimum Gasteiger partial charge on any atom is -0.327 e. The molecule has 1 heterocycles. The van der Waals surface area contributed by atoms with E-state index in [2.05, 4.69) is 4.98 Å². The van der Waals surface area contributed by atoms with Crippen molar-refractivity contribution in [1.82, 2.24) is 4.98 Å². The molecule has 2 rings (SSSR count). The number of anilines is 2. The average Bonchev–Trinajstić information content (AvgIpc) is 2.41. The molecule has 0 aliphatic rings. The Morgan fingerprint density at radius 1 is 1.32 bits per heavy atom.